The number of H-pyrrole nitrogens is 1. The summed E-state index contributed by atoms with van der Waals surface area (Å²) >= 11 is 6.70. The molecule has 2 heterocycles. The molecule has 0 unspecified atom stereocenters. The summed E-state index contributed by atoms with van der Waals surface area (Å²) in [5, 5.41) is 13.4. The number of anilines is 1. The number of nitrogens with zero attached hydrogens (tertiary/aromatic N) is 3. The fourth-order valence-corrected chi connectivity index (χ4v) is 4.42. The molecular weight excluding hydrogens is 462 g/mol. The molecule has 0 radical (unpaired) electrons. The van der Waals surface area contributed by atoms with Crippen molar-refractivity contribution in [2.75, 3.05) is 19.5 Å². The Morgan fingerprint density at radius 3 is 2.40 bits per heavy atom. The lowest BCUT2D eigenvalue weighted by atomic mass is 10.0. The molecule has 5 aromatic rings. The van der Waals surface area contributed by atoms with Crippen LogP contribution in [0.4, 0.5) is 5.95 Å². The minimum absolute atomic E-state index is 0.504. The van der Waals surface area contributed by atoms with E-state index in [0.717, 1.165) is 33.3 Å². The van der Waals surface area contributed by atoms with E-state index < -0.39 is 0 Å². The number of pyridine rings is 1. The fraction of sp³-hybridized carbons (Fsp3) is 0.148. The number of aryl methyl sites for hydroxylation is 1. The highest BCUT2D eigenvalue weighted by Crippen LogP contribution is 2.38. The molecule has 5 rings (SSSR count). The Hall–Kier alpha value is -4.10. The van der Waals surface area contributed by atoms with Crippen LogP contribution in [0.3, 0.4) is 0 Å². The van der Waals surface area contributed by atoms with Crippen LogP contribution in [0.15, 0.2) is 72.8 Å². The first-order valence-electron chi connectivity index (χ1n) is 11.2. The summed E-state index contributed by atoms with van der Waals surface area (Å²) in [6.07, 6.45) is 0. The SMILES string of the molecule is COc1cc2cc(C)[n+](-c3n[nH]c(NCc4ccccc4)n3)c(-c3ccccc3Cl)c2cc1OC. The maximum Gasteiger partial charge on any atom is 0.462 e. The van der Waals surface area contributed by atoms with Crippen LogP contribution in [0.1, 0.15) is 11.3 Å². The summed E-state index contributed by atoms with van der Waals surface area (Å²) in [4.78, 5) is 4.74. The van der Waals surface area contributed by atoms with Crippen LogP contribution < -0.4 is 19.4 Å². The average molecular weight is 487 g/mol. The zero-order valence-corrected chi connectivity index (χ0v) is 20.4. The Morgan fingerprint density at radius 2 is 1.66 bits per heavy atom. The molecule has 0 amide bonds. The predicted octanol–water partition coefficient (Wildman–Crippen LogP) is 5.49. The third-order valence-corrected chi connectivity index (χ3v) is 6.19. The third kappa shape index (κ3) is 4.38. The number of benzene rings is 3. The van der Waals surface area contributed by atoms with Gasteiger partial charge >= 0.3 is 11.9 Å². The average Bonchev–Trinajstić information content (AvgIpc) is 3.35. The van der Waals surface area contributed by atoms with E-state index >= 15 is 0 Å². The van der Waals surface area contributed by atoms with Crippen LogP contribution in [0, 0.1) is 6.92 Å². The number of fused-ring (bicyclic) bond motifs is 1. The van der Waals surface area contributed by atoms with Crippen molar-refractivity contribution in [3.05, 3.63) is 89.1 Å². The predicted molar refractivity (Wildman–Crippen MR) is 137 cm³/mol. The second-order valence-electron chi connectivity index (χ2n) is 8.07. The first-order chi connectivity index (χ1) is 17.1. The monoisotopic (exact) mass is 486 g/mol. The molecule has 35 heavy (non-hydrogen) atoms. The number of nitrogens with one attached hydrogen (secondary N) is 2. The molecule has 0 aliphatic heterocycles. The molecule has 0 aliphatic carbocycles. The second-order valence-corrected chi connectivity index (χ2v) is 8.47. The van der Waals surface area contributed by atoms with Crippen LogP contribution in [0.5, 0.6) is 11.5 Å². The van der Waals surface area contributed by atoms with Gasteiger partial charge in [-0.05, 0) is 53.2 Å². The van der Waals surface area contributed by atoms with Crippen molar-refractivity contribution in [1.29, 1.82) is 0 Å². The van der Waals surface area contributed by atoms with Crippen LogP contribution in [0.2, 0.25) is 5.02 Å². The Kier molecular flexibility index (Phi) is 6.25. The van der Waals surface area contributed by atoms with Gasteiger partial charge in [-0.2, -0.15) is 9.67 Å². The largest absolute Gasteiger partial charge is 0.493 e. The van der Waals surface area contributed by atoms with E-state index in [2.05, 4.69) is 33.7 Å². The summed E-state index contributed by atoms with van der Waals surface area (Å²) in [7, 11) is 3.26. The molecular formula is C27H25ClN5O2+. The Morgan fingerprint density at radius 1 is 0.943 bits per heavy atom. The number of rotatable bonds is 7. The first-order valence-corrected chi connectivity index (χ1v) is 11.5. The summed E-state index contributed by atoms with van der Waals surface area (Å²) in [5.74, 6) is 2.37. The summed E-state index contributed by atoms with van der Waals surface area (Å²) in [6, 6.07) is 23.9. The number of aromatic nitrogens is 4. The Balaban J connectivity index is 1.68. The topological polar surface area (TPSA) is 75.9 Å². The van der Waals surface area contributed by atoms with Crippen molar-refractivity contribution >= 4 is 28.3 Å². The number of methoxy groups -OCH3 is 2. The van der Waals surface area contributed by atoms with Gasteiger partial charge in [-0.3, -0.25) is 0 Å². The van der Waals surface area contributed by atoms with E-state index in [1.54, 1.807) is 14.2 Å². The number of hydrogen-bond acceptors (Lipinski definition) is 5. The zero-order valence-electron chi connectivity index (χ0n) is 19.7. The van der Waals surface area contributed by atoms with E-state index in [0.29, 0.717) is 35.0 Å². The number of aromatic amines is 1. The number of ether oxygens (including phenoxy) is 2. The Labute approximate surface area is 208 Å². The second kappa shape index (κ2) is 9.64. The van der Waals surface area contributed by atoms with Gasteiger partial charge < -0.3 is 14.8 Å². The normalized spacial score (nSPS) is 11.0. The fourth-order valence-electron chi connectivity index (χ4n) is 4.20. The molecule has 0 spiro atoms. The van der Waals surface area contributed by atoms with Crippen LogP contribution >= 0.6 is 11.6 Å². The smallest absolute Gasteiger partial charge is 0.462 e. The molecule has 2 aromatic heterocycles. The lowest BCUT2D eigenvalue weighted by Gasteiger charge is -2.16. The quantitative estimate of drug-likeness (QED) is 0.297. The van der Waals surface area contributed by atoms with E-state index in [4.69, 9.17) is 26.1 Å². The van der Waals surface area contributed by atoms with Gasteiger partial charge in [-0.15, -0.1) is 0 Å². The number of halogens is 1. The minimum atomic E-state index is 0.504. The van der Waals surface area contributed by atoms with E-state index in [1.807, 2.05) is 66.1 Å². The molecule has 8 heteroatoms. The van der Waals surface area contributed by atoms with Gasteiger partial charge in [0, 0.05) is 22.6 Å². The highest BCUT2D eigenvalue weighted by molar-refractivity contribution is 6.33. The molecule has 2 N–H and O–H groups in total. The van der Waals surface area contributed by atoms with Crippen LogP contribution in [-0.4, -0.2) is 29.4 Å². The Bertz CT molecular complexity index is 1500. The van der Waals surface area contributed by atoms with Gasteiger partial charge in [0.2, 0.25) is 0 Å². The summed E-state index contributed by atoms with van der Waals surface area (Å²) < 4.78 is 13.1. The minimum Gasteiger partial charge on any atom is -0.493 e. The maximum absolute atomic E-state index is 6.70. The van der Waals surface area contributed by atoms with Crippen molar-refractivity contribution in [2.45, 2.75) is 13.5 Å². The molecule has 3 aromatic carbocycles. The standard InChI is InChI=1S/C27H25ClN5O2/c1-17-13-19-14-23(34-2)24(35-3)15-21(19)25(20-11-7-8-12-22(20)28)33(17)27-30-26(31-32-27)29-16-18-9-5-4-6-10-18/h4-15H,16H2,1-3H3,(H2,29,30,31,32)/q+1. The van der Waals surface area contributed by atoms with E-state index in [9.17, 15) is 0 Å². The molecule has 0 atom stereocenters. The lowest BCUT2D eigenvalue weighted by Crippen LogP contribution is -2.38. The molecule has 0 aliphatic rings. The van der Waals surface area contributed by atoms with Crippen molar-refractivity contribution in [3.63, 3.8) is 0 Å². The molecule has 176 valence electrons. The van der Waals surface area contributed by atoms with Crippen molar-refractivity contribution in [1.82, 2.24) is 15.2 Å². The van der Waals surface area contributed by atoms with Gasteiger partial charge in [0.05, 0.1) is 24.9 Å². The van der Waals surface area contributed by atoms with Crippen LogP contribution in [0.25, 0.3) is 28.0 Å². The summed E-state index contributed by atoms with van der Waals surface area (Å²) in [6.45, 7) is 2.65. The van der Waals surface area contributed by atoms with Crippen molar-refractivity contribution in [2.24, 2.45) is 0 Å². The van der Waals surface area contributed by atoms with Crippen LogP contribution in [-0.2, 0) is 6.54 Å². The molecule has 7 nitrogen and oxygen atoms in total. The lowest BCUT2D eigenvalue weighted by molar-refractivity contribution is -0.597. The third-order valence-electron chi connectivity index (χ3n) is 5.86. The number of hydrogen-bond donors (Lipinski definition) is 2. The zero-order chi connectivity index (χ0) is 24.4. The first kappa shape index (κ1) is 22.7. The van der Waals surface area contributed by atoms with Gasteiger partial charge in [0.15, 0.2) is 11.5 Å². The van der Waals surface area contributed by atoms with Gasteiger partial charge in [0.25, 0.3) is 0 Å². The molecule has 0 fully saturated rings. The van der Waals surface area contributed by atoms with Gasteiger partial charge in [-0.25, -0.2) is 0 Å². The van der Waals surface area contributed by atoms with Gasteiger partial charge in [0.1, 0.15) is 5.69 Å². The highest BCUT2D eigenvalue weighted by Gasteiger charge is 2.26. The molecule has 0 bridgehead atoms. The van der Waals surface area contributed by atoms with E-state index in [-0.39, 0.29) is 0 Å². The summed E-state index contributed by atoms with van der Waals surface area (Å²) in [5.41, 5.74) is 3.81. The molecule has 0 saturated heterocycles. The van der Waals surface area contributed by atoms with Crippen molar-refractivity contribution in [3.8, 4) is 28.7 Å². The van der Waals surface area contributed by atoms with Crippen molar-refractivity contribution < 1.29 is 14.0 Å². The highest BCUT2D eigenvalue weighted by atomic mass is 35.5. The molecule has 0 saturated carbocycles. The maximum atomic E-state index is 6.70. The van der Waals surface area contributed by atoms with Gasteiger partial charge in [-0.1, -0.05) is 54.1 Å². The van der Waals surface area contributed by atoms with E-state index in [1.165, 1.54) is 0 Å².